The molecule has 1 saturated carbocycles. The van der Waals surface area contributed by atoms with Crippen molar-refractivity contribution in [1.29, 1.82) is 0 Å². The van der Waals surface area contributed by atoms with E-state index in [4.69, 9.17) is 5.11 Å². The van der Waals surface area contributed by atoms with Crippen LogP contribution in [0.2, 0.25) is 0 Å². The molecule has 1 aliphatic rings. The molecule has 0 aromatic heterocycles. The van der Waals surface area contributed by atoms with E-state index in [1.165, 1.54) is 0 Å². The average molecular weight is 184 g/mol. The van der Waals surface area contributed by atoms with Gasteiger partial charge in [-0.1, -0.05) is 13.8 Å². The van der Waals surface area contributed by atoms with Crippen molar-refractivity contribution in [2.45, 2.75) is 33.1 Å². The Morgan fingerprint density at radius 1 is 1.54 bits per heavy atom. The van der Waals surface area contributed by atoms with Crippen LogP contribution < -0.4 is 0 Å². The minimum absolute atomic E-state index is 0.133. The average Bonchev–Trinajstić information content (AvgIpc) is 2.03. The minimum Gasteiger partial charge on any atom is -0.481 e. The fraction of sp³-hybridized carbons (Fsp3) is 0.800. The van der Waals surface area contributed by atoms with Crippen LogP contribution in [-0.2, 0) is 9.59 Å². The first-order valence-corrected chi connectivity index (χ1v) is 4.78. The molecule has 74 valence electrons. The van der Waals surface area contributed by atoms with Crippen molar-refractivity contribution in [2.75, 3.05) is 0 Å². The van der Waals surface area contributed by atoms with Crippen molar-refractivity contribution in [3.05, 3.63) is 0 Å². The van der Waals surface area contributed by atoms with Crippen LogP contribution >= 0.6 is 0 Å². The number of ketones is 1. The summed E-state index contributed by atoms with van der Waals surface area (Å²) >= 11 is 0. The molecule has 3 unspecified atom stereocenters. The predicted molar refractivity (Wildman–Crippen MR) is 48.3 cm³/mol. The van der Waals surface area contributed by atoms with E-state index in [1.807, 2.05) is 6.92 Å². The third-order valence-corrected chi connectivity index (χ3v) is 2.93. The molecule has 0 spiro atoms. The van der Waals surface area contributed by atoms with Crippen LogP contribution in [0.5, 0.6) is 0 Å². The summed E-state index contributed by atoms with van der Waals surface area (Å²) < 4.78 is 0. The number of rotatable bonds is 2. The van der Waals surface area contributed by atoms with E-state index in [1.54, 1.807) is 6.92 Å². The van der Waals surface area contributed by atoms with E-state index in [2.05, 4.69) is 0 Å². The highest BCUT2D eigenvalue weighted by Gasteiger charge is 2.33. The molecule has 1 aliphatic carbocycles. The van der Waals surface area contributed by atoms with E-state index in [-0.39, 0.29) is 11.7 Å². The molecule has 0 aromatic rings. The first-order valence-electron chi connectivity index (χ1n) is 4.78. The second-order valence-electron chi connectivity index (χ2n) is 4.09. The summed E-state index contributed by atoms with van der Waals surface area (Å²) in [6, 6.07) is 0. The zero-order valence-corrected chi connectivity index (χ0v) is 8.12. The molecular weight excluding hydrogens is 168 g/mol. The molecule has 0 aromatic carbocycles. The summed E-state index contributed by atoms with van der Waals surface area (Å²) in [6.07, 6.45) is 2.28. The SMILES string of the molecule is CC1CCC(C(C)C(=O)O)C(=O)C1. The van der Waals surface area contributed by atoms with Crippen molar-refractivity contribution in [2.24, 2.45) is 17.8 Å². The second kappa shape index (κ2) is 3.90. The summed E-state index contributed by atoms with van der Waals surface area (Å²) in [4.78, 5) is 22.2. The number of carboxylic acids is 1. The Hall–Kier alpha value is -0.860. The molecule has 13 heavy (non-hydrogen) atoms. The monoisotopic (exact) mass is 184 g/mol. The quantitative estimate of drug-likeness (QED) is 0.710. The van der Waals surface area contributed by atoms with Gasteiger partial charge in [-0.25, -0.2) is 0 Å². The van der Waals surface area contributed by atoms with Gasteiger partial charge in [0, 0.05) is 12.3 Å². The number of carboxylic acid groups (broad SMARTS) is 1. The third kappa shape index (κ3) is 2.29. The van der Waals surface area contributed by atoms with Crippen LogP contribution in [0, 0.1) is 17.8 Å². The predicted octanol–water partition coefficient (Wildman–Crippen LogP) is 1.71. The molecule has 0 radical (unpaired) electrons. The van der Waals surface area contributed by atoms with Crippen LogP contribution in [0.15, 0.2) is 0 Å². The second-order valence-corrected chi connectivity index (χ2v) is 4.09. The van der Waals surface area contributed by atoms with Crippen LogP contribution in [0.3, 0.4) is 0 Å². The van der Waals surface area contributed by atoms with Gasteiger partial charge in [0.25, 0.3) is 0 Å². The molecular formula is C10H16O3. The van der Waals surface area contributed by atoms with Crippen LogP contribution in [0.1, 0.15) is 33.1 Å². The van der Waals surface area contributed by atoms with Gasteiger partial charge in [-0.2, -0.15) is 0 Å². The smallest absolute Gasteiger partial charge is 0.306 e. The summed E-state index contributed by atoms with van der Waals surface area (Å²) in [5, 5.41) is 8.77. The largest absolute Gasteiger partial charge is 0.481 e. The van der Waals surface area contributed by atoms with Crippen molar-refractivity contribution >= 4 is 11.8 Å². The lowest BCUT2D eigenvalue weighted by Gasteiger charge is -2.27. The first kappa shape index (κ1) is 10.2. The Balaban J connectivity index is 2.61. The fourth-order valence-corrected chi connectivity index (χ4v) is 1.92. The summed E-state index contributed by atoms with van der Waals surface area (Å²) in [5.41, 5.74) is 0. The fourth-order valence-electron chi connectivity index (χ4n) is 1.92. The number of carbonyl (C=O) groups excluding carboxylic acids is 1. The number of hydrogen-bond acceptors (Lipinski definition) is 2. The van der Waals surface area contributed by atoms with Gasteiger partial charge in [0.2, 0.25) is 0 Å². The molecule has 0 heterocycles. The van der Waals surface area contributed by atoms with Gasteiger partial charge in [0.1, 0.15) is 5.78 Å². The van der Waals surface area contributed by atoms with Crippen LogP contribution in [0.25, 0.3) is 0 Å². The van der Waals surface area contributed by atoms with E-state index in [9.17, 15) is 9.59 Å². The third-order valence-electron chi connectivity index (χ3n) is 2.93. The molecule has 1 fully saturated rings. The van der Waals surface area contributed by atoms with E-state index in [0.717, 1.165) is 12.8 Å². The Morgan fingerprint density at radius 2 is 2.15 bits per heavy atom. The molecule has 1 N–H and O–H groups in total. The van der Waals surface area contributed by atoms with Crippen molar-refractivity contribution in [3.8, 4) is 0 Å². The van der Waals surface area contributed by atoms with E-state index < -0.39 is 11.9 Å². The number of hydrogen-bond donors (Lipinski definition) is 1. The van der Waals surface area contributed by atoms with E-state index >= 15 is 0 Å². The molecule has 0 aliphatic heterocycles. The molecule has 0 amide bonds. The summed E-state index contributed by atoms with van der Waals surface area (Å²) in [7, 11) is 0. The Bertz CT molecular complexity index is 222. The van der Waals surface area contributed by atoms with Gasteiger partial charge in [-0.15, -0.1) is 0 Å². The topological polar surface area (TPSA) is 54.4 Å². The Kier molecular flexibility index (Phi) is 3.07. The maximum atomic E-state index is 11.5. The molecule has 3 nitrogen and oxygen atoms in total. The van der Waals surface area contributed by atoms with Crippen LogP contribution in [-0.4, -0.2) is 16.9 Å². The number of aliphatic carboxylic acids is 1. The lowest BCUT2D eigenvalue weighted by atomic mass is 9.76. The zero-order valence-electron chi connectivity index (χ0n) is 8.12. The van der Waals surface area contributed by atoms with Gasteiger partial charge in [-0.05, 0) is 18.8 Å². The van der Waals surface area contributed by atoms with Crippen LogP contribution in [0.4, 0.5) is 0 Å². The van der Waals surface area contributed by atoms with E-state index in [0.29, 0.717) is 12.3 Å². The van der Waals surface area contributed by atoms with Crippen molar-refractivity contribution in [1.82, 2.24) is 0 Å². The number of Topliss-reactive ketones (excluding diaryl/α,β-unsaturated/α-hetero) is 1. The highest BCUT2D eigenvalue weighted by atomic mass is 16.4. The molecule has 0 bridgehead atoms. The number of carbonyl (C=O) groups is 2. The summed E-state index contributed by atoms with van der Waals surface area (Å²) in [6.45, 7) is 3.67. The minimum atomic E-state index is -0.854. The first-order chi connectivity index (χ1) is 6.02. The maximum Gasteiger partial charge on any atom is 0.306 e. The normalized spacial score (nSPS) is 31.4. The zero-order chi connectivity index (χ0) is 10.0. The van der Waals surface area contributed by atoms with Crippen molar-refractivity contribution < 1.29 is 14.7 Å². The van der Waals surface area contributed by atoms with Gasteiger partial charge < -0.3 is 5.11 Å². The van der Waals surface area contributed by atoms with Gasteiger partial charge >= 0.3 is 5.97 Å². The van der Waals surface area contributed by atoms with Crippen molar-refractivity contribution in [3.63, 3.8) is 0 Å². The lowest BCUT2D eigenvalue weighted by Crippen LogP contribution is -2.32. The highest BCUT2D eigenvalue weighted by molar-refractivity contribution is 5.86. The summed E-state index contributed by atoms with van der Waals surface area (Å²) in [5.74, 6) is -1.04. The van der Waals surface area contributed by atoms with Gasteiger partial charge in [-0.3, -0.25) is 9.59 Å². The van der Waals surface area contributed by atoms with Gasteiger partial charge in [0.05, 0.1) is 5.92 Å². The molecule has 0 saturated heterocycles. The molecule has 1 rings (SSSR count). The highest BCUT2D eigenvalue weighted by Crippen LogP contribution is 2.30. The van der Waals surface area contributed by atoms with Gasteiger partial charge in [0.15, 0.2) is 0 Å². The lowest BCUT2D eigenvalue weighted by molar-refractivity contribution is -0.147. The maximum absolute atomic E-state index is 11.5. The Labute approximate surface area is 78.1 Å². The standard InChI is InChI=1S/C10H16O3/c1-6-3-4-8(9(11)5-6)7(2)10(12)13/h6-8H,3-5H2,1-2H3,(H,12,13). The molecule has 3 atom stereocenters. The molecule has 3 heteroatoms. The Morgan fingerprint density at radius 3 is 2.62 bits per heavy atom.